The van der Waals surface area contributed by atoms with Crippen LogP contribution in [-0.2, 0) is 44.2 Å². The molecule has 6 N–H and O–H groups in total. The number of methoxy groups -OCH3 is 1. The van der Waals surface area contributed by atoms with Crippen molar-refractivity contribution in [3.05, 3.63) is 99.9 Å². The van der Waals surface area contributed by atoms with E-state index in [1.54, 1.807) is 53.2 Å². The molecule has 3 aliphatic heterocycles. The normalized spacial score (nSPS) is 27.9. The molecule has 314 valence electrons. The summed E-state index contributed by atoms with van der Waals surface area (Å²) in [5.74, 6) is -1.05. The minimum Gasteiger partial charge on any atom is -0.497 e. The molecule has 2 fully saturated rings. The number of nitrogens with zero attached hydrogens (tertiary/aromatic N) is 5. The lowest BCUT2D eigenvalue weighted by Crippen LogP contribution is -2.60. The van der Waals surface area contributed by atoms with E-state index >= 15 is 4.79 Å². The van der Waals surface area contributed by atoms with Crippen LogP contribution >= 0.6 is 0 Å². The van der Waals surface area contributed by atoms with E-state index in [1.807, 2.05) is 31.2 Å². The number of amides is 2. The SMILES string of the molecule is COc1ccc([Si](C)(C)[C@H]2[C@H](CCn3cc(CCO)nn3)O[C@@]3(C(=O)N(Cc4cccc(NC(=O)[C@H]5O[C@@H](O)[C@H](O)[C@@H](O)[C@@H]5O)c4)c4ccc([N+](=O)[O-])cc43)[C@@H]2C)cc1. The van der Waals surface area contributed by atoms with Crippen LogP contribution in [-0.4, -0.2) is 116 Å². The van der Waals surface area contributed by atoms with Gasteiger partial charge >= 0.3 is 0 Å². The number of nitro groups is 1. The van der Waals surface area contributed by atoms with Crippen LogP contribution in [0.2, 0.25) is 18.6 Å². The van der Waals surface area contributed by atoms with E-state index < -0.39 is 73.1 Å². The molecule has 0 aliphatic carbocycles. The monoisotopic (exact) mass is 832 g/mol. The summed E-state index contributed by atoms with van der Waals surface area (Å²) in [6.45, 7) is 6.75. The molecular weight excluding hydrogens is 785 g/mol. The van der Waals surface area contributed by atoms with Gasteiger partial charge in [-0.25, -0.2) is 0 Å². The molecule has 19 heteroatoms. The summed E-state index contributed by atoms with van der Waals surface area (Å²) in [5.41, 5.74) is 0.291. The van der Waals surface area contributed by atoms with Crippen LogP contribution in [0.15, 0.2) is 72.9 Å². The van der Waals surface area contributed by atoms with Crippen LogP contribution in [0.5, 0.6) is 5.75 Å². The van der Waals surface area contributed by atoms with Crippen LogP contribution in [0.1, 0.15) is 30.2 Å². The number of aliphatic hydroxyl groups is 5. The second-order valence-electron chi connectivity index (χ2n) is 15.9. The van der Waals surface area contributed by atoms with Crippen LogP contribution in [0.3, 0.4) is 0 Å². The first-order valence-electron chi connectivity index (χ1n) is 19.3. The van der Waals surface area contributed by atoms with E-state index in [1.165, 1.54) is 12.1 Å². The third-order valence-corrected chi connectivity index (χ3v) is 16.4. The zero-order valence-electron chi connectivity index (χ0n) is 32.9. The second kappa shape index (κ2) is 16.5. The number of rotatable bonds is 13. The van der Waals surface area contributed by atoms with Gasteiger partial charge in [-0.3, -0.25) is 24.4 Å². The number of hydrogen-bond acceptors (Lipinski definition) is 14. The largest absolute Gasteiger partial charge is 0.497 e. The van der Waals surface area contributed by atoms with Gasteiger partial charge in [0.15, 0.2) is 18.0 Å². The number of ether oxygens (including phenoxy) is 3. The Morgan fingerprint density at radius 1 is 1.05 bits per heavy atom. The molecule has 2 saturated heterocycles. The molecule has 0 radical (unpaired) electrons. The van der Waals surface area contributed by atoms with Crippen molar-refractivity contribution in [2.45, 2.75) is 93.9 Å². The smallest absolute Gasteiger partial charge is 0.269 e. The minimum atomic E-state index is -2.56. The number of benzene rings is 3. The van der Waals surface area contributed by atoms with E-state index in [4.69, 9.17) is 14.2 Å². The van der Waals surface area contributed by atoms with Gasteiger partial charge in [0.2, 0.25) is 0 Å². The van der Waals surface area contributed by atoms with Crippen LogP contribution < -0.4 is 20.1 Å². The maximum absolute atomic E-state index is 15.3. The molecule has 4 heterocycles. The zero-order chi connectivity index (χ0) is 42.4. The van der Waals surface area contributed by atoms with Gasteiger partial charge in [-0.05, 0) is 47.9 Å². The number of aryl methyl sites for hydroxylation is 1. The highest BCUT2D eigenvalue weighted by molar-refractivity contribution is 6.91. The summed E-state index contributed by atoms with van der Waals surface area (Å²) in [6.07, 6.45) is -7.01. The van der Waals surface area contributed by atoms with Gasteiger partial charge in [-0.15, -0.1) is 5.10 Å². The Labute approximate surface area is 340 Å². The highest BCUT2D eigenvalue weighted by Gasteiger charge is 2.66. The maximum atomic E-state index is 15.3. The van der Waals surface area contributed by atoms with Gasteiger partial charge in [0, 0.05) is 55.1 Å². The van der Waals surface area contributed by atoms with E-state index in [-0.39, 0.29) is 30.1 Å². The summed E-state index contributed by atoms with van der Waals surface area (Å²) in [6, 6.07) is 18.8. The predicted octanol–water partition coefficient (Wildman–Crippen LogP) is 1.32. The number of anilines is 2. The first-order valence-corrected chi connectivity index (χ1v) is 22.4. The lowest BCUT2D eigenvalue weighted by molar-refractivity contribution is -0.385. The quantitative estimate of drug-likeness (QED) is 0.0632. The number of carbonyl (C=O) groups excluding carboxylic acids is 2. The maximum Gasteiger partial charge on any atom is 0.269 e. The van der Waals surface area contributed by atoms with E-state index in [9.17, 15) is 40.4 Å². The topological polar surface area (TPSA) is 252 Å². The van der Waals surface area contributed by atoms with Gasteiger partial charge in [-0.1, -0.05) is 54.7 Å². The Morgan fingerprint density at radius 3 is 2.49 bits per heavy atom. The molecule has 3 aromatic carbocycles. The number of carbonyl (C=O) groups is 2. The number of nitro benzene ring substituents is 1. The fourth-order valence-corrected chi connectivity index (χ4v) is 13.1. The molecule has 1 spiro atoms. The molecule has 0 unspecified atom stereocenters. The fourth-order valence-electron chi connectivity index (χ4n) is 9.00. The molecule has 18 nitrogen and oxygen atoms in total. The number of hydrogen-bond donors (Lipinski definition) is 6. The summed E-state index contributed by atoms with van der Waals surface area (Å²) >= 11 is 0. The summed E-state index contributed by atoms with van der Waals surface area (Å²) in [5, 5.41) is 74.0. The Balaban J connectivity index is 1.23. The predicted molar refractivity (Wildman–Crippen MR) is 213 cm³/mol. The highest BCUT2D eigenvalue weighted by atomic mass is 28.3. The molecule has 9 atom stereocenters. The highest BCUT2D eigenvalue weighted by Crippen LogP contribution is 2.60. The fraction of sp³-hybridized carbons (Fsp3) is 0.450. The molecule has 1 aromatic heterocycles. The number of non-ortho nitro benzene ring substituents is 1. The zero-order valence-corrected chi connectivity index (χ0v) is 33.9. The second-order valence-corrected chi connectivity index (χ2v) is 20.5. The van der Waals surface area contributed by atoms with E-state index in [0.717, 1.165) is 5.19 Å². The lowest BCUT2D eigenvalue weighted by Gasteiger charge is -2.37. The van der Waals surface area contributed by atoms with Gasteiger partial charge in [-0.2, -0.15) is 0 Å². The summed E-state index contributed by atoms with van der Waals surface area (Å²) in [7, 11) is -0.961. The Kier molecular flexibility index (Phi) is 11.7. The van der Waals surface area contributed by atoms with Crippen LogP contribution in [0, 0.1) is 16.0 Å². The average Bonchev–Trinajstić information content (AvgIpc) is 3.87. The Morgan fingerprint density at radius 2 is 1.80 bits per heavy atom. The van der Waals surface area contributed by atoms with Crippen molar-refractivity contribution < 1.29 is 54.3 Å². The van der Waals surface area contributed by atoms with Gasteiger partial charge < -0.3 is 50.0 Å². The molecule has 59 heavy (non-hydrogen) atoms. The van der Waals surface area contributed by atoms with Crippen LogP contribution in [0.4, 0.5) is 17.1 Å². The van der Waals surface area contributed by atoms with Crippen LogP contribution in [0.25, 0.3) is 0 Å². The summed E-state index contributed by atoms with van der Waals surface area (Å²) in [4.78, 5) is 41.6. The molecular formula is C40H48N6O12Si. The molecule has 3 aliphatic rings. The van der Waals surface area contributed by atoms with Crippen molar-refractivity contribution >= 4 is 42.1 Å². The molecule has 0 saturated carbocycles. The van der Waals surface area contributed by atoms with Gasteiger partial charge in [0.1, 0.15) is 24.1 Å². The van der Waals surface area contributed by atoms with Crippen molar-refractivity contribution in [3.8, 4) is 5.75 Å². The molecule has 0 bridgehead atoms. The first kappa shape index (κ1) is 42.0. The standard InChI is InChI=1S/C40H48N6O12Si/c1-22-36(59(3,4)28-11-9-27(56-2)10-12-28)31(14-16-44-21-25(15-17-47)42-43-44)58-40(22)29-19-26(46(54)55)8-13-30(29)45(39(40)53)20-23-6-5-7-24(18-23)41-37(51)35-33(49)32(48)34(50)38(52)57-35/h5-13,18-19,21-22,31-36,38,47-50,52H,14-17,20H2,1-4H3,(H,41,51)/t22-,31+,32+,33+,34-,35+,36-,38-,40+/m1/s1. The van der Waals surface area contributed by atoms with Crippen molar-refractivity contribution in [1.29, 1.82) is 0 Å². The van der Waals surface area contributed by atoms with Crippen molar-refractivity contribution in [3.63, 3.8) is 0 Å². The number of nitrogens with one attached hydrogen (secondary N) is 1. The van der Waals surface area contributed by atoms with Crippen molar-refractivity contribution in [1.82, 2.24) is 15.0 Å². The molecule has 4 aromatic rings. The number of aliphatic hydroxyl groups excluding tert-OH is 5. The van der Waals surface area contributed by atoms with E-state index in [0.29, 0.717) is 47.6 Å². The third kappa shape index (κ3) is 7.64. The Hall–Kier alpha value is -5.12. The summed E-state index contributed by atoms with van der Waals surface area (Å²) < 4.78 is 19.3. The van der Waals surface area contributed by atoms with Crippen molar-refractivity contribution in [2.24, 2.45) is 5.92 Å². The molecule has 7 rings (SSSR count). The van der Waals surface area contributed by atoms with Gasteiger partial charge in [0.05, 0.1) is 44.1 Å². The first-order chi connectivity index (χ1) is 28.1. The number of fused-ring (bicyclic) bond motifs is 2. The van der Waals surface area contributed by atoms with Gasteiger partial charge in [0.25, 0.3) is 17.5 Å². The Bertz CT molecular complexity index is 2210. The third-order valence-electron chi connectivity index (χ3n) is 12.0. The average molecular weight is 833 g/mol. The minimum absolute atomic E-state index is 0.0153. The number of aromatic nitrogens is 3. The molecule has 2 amide bonds. The lowest BCUT2D eigenvalue weighted by atomic mass is 9.82. The van der Waals surface area contributed by atoms with Crippen molar-refractivity contribution in [2.75, 3.05) is 23.9 Å². The van der Waals surface area contributed by atoms with E-state index in [2.05, 4.69) is 28.7 Å².